The van der Waals surface area contributed by atoms with Gasteiger partial charge >= 0.3 is 0 Å². The fraction of sp³-hybridized carbons (Fsp3) is 0.625. The van der Waals surface area contributed by atoms with Crippen LogP contribution in [0.2, 0.25) is 0 Å². The van der Waals surface area contributed by atoms with Crippen LogP contribution in [0.1, 0.15) is 35.2 Å². The van der Waals surface area contributed by atoms with Gasteiger partial charge in [0, 0.05) is 36.7 Å². The molecule has 106 valence electrons. The summed E-state index contributed by atoms with van der Waals surface area (Å²) in [6.45, 7) is 11.9. The Morgan fingerprint density at radius 3 is 2.58 bits per heavy atom. The van der Waals surface area contributed by atoms with Gasteiger partial charge in [-0.05, 0) is 43.0 Å². The van der Waals surface area contributed by atoms with E-state index in [-0.39, 0.29) is 0 Å². The molecule has 2 atom stereocenters. The van der Waals surface area contributed by atoms with Gasteiger partial charge in [-0.15, -0.1) is 0 Å². The first-order valence-electron chi connectivity index (χ1n) is 7.16. The third-order valence-electron chi connectivity index (χ3n) is 4.18. The molecule has 2 N–H and O–H groups in total. The summed E-state index contributed by atoms with van der Waals surface area (Å²) in [5.41, 5.74) is 11.6. The van der Waals surface area contributed by atoms with Crippen molar-refractivity contribution >= 4 is 11.8 Å². The highest BCUT2D eigenvalue weighted by atomic mass is 32.2. The molecule has 0 radical (unpaired) electrons. The van der Waals surface area contributed by atoms with Gasteiger partial charge in [0.15, 0.2) is 0 Å². The van der Waals surface area contributed by atoms with E-state index >= 15 is 0 Å². The van der Waals surface area contributed by atoms with Crippen LogP contribution in [0.3, 0.4) is 0 Å². The van der Waals surface area contributed by atoms with Crippen LogP contribution in [0.4, 0.5) is 0 Å². The molecule has 1 fully saturated rings. The van der Waals surface area contributed by atoms with E-state index in [1.54, 1.807) is 0 Å². The van der Waals surface area contributed by atoms with E-state index in [0.29, 0.717) is 12.6 Å². The molecule has 1 aromatic rings. The molecule has 1 aliphatic rings. The Balaban J connectivity index is 2.28. The lowest BCUT2D eigenvalue weighted by Gasteiger charge is -2.37. The van der Waals surface area contributed by atoms with Gasteiger partial charge in [0.05, 0.1) is 0 Å². The smallest absolute Gasteiger partial charge is 0.0473 e. The van der Waals surface area contributed by atoms with Gasteiger partial charge in [-0.25, -0.2) is 0 Å². The van der Waals surface area contributed by atoms with E-state index in [2.05, 4.69) is 56.5 Å². The Morgan fingerprint density at radius 1 is 1.26 bits per heavy atom. The maximum Gasteiger partial charge on any atom is 0.0473 e. The van der Waals surface area contributed by atoms with Crippen molar-refractivity contribution in [3.63, 3.8) is 0 Å². The molecule has 2 rings (SSSR count). The maximum atomic E-state index is 6.09. The van der Waals surface area contributed by atoms with Crippen LogP contribution in [0, 0.1) is 20.8 Å². The average Bonchev–Trinajstić information content (AvgIpc) is 2.36. The van der Waals surface area contributed by atoms with Gasteiger partial charge in [0.25, 0.3) is 0 Å². The van der Waals surface area contributed by atoms with E-state index < -0.39 is 0 Å². The molecule has 0 spiro atoms. The molecular weight excluding hydrogens is 252 g/mol. The summed E-state index contributed by atoms with van der Waals surface area (Å²) in [6.07, 6.45) is 0. The molecule has 1 heterocycles. The van der Waals surface area contributed by atoms with Crippen molar-refractivity contribution in [1.29, 1.82) is 0 Å². The quantitative estimate of drug-likeness (QED) is 0.921. The van der Waals surface area contributed by atoms with Crippen molar-refractivity contribution in [3.05, 3.63) is 34.4 Å². The number of rotatable bonds is 3. The van der Waals surface area contributed by atoms with Crippen molar-refractivity contribution in [2.75, 3.05) is 25.4 Å². The zero-order chi connectivity index (χ0) is 14.0. The predicted molar refractivity (Wildman–Crippen MR) is 85.9 cm³/mol. The fourth-order valence-electron chi connectivity index (χ4n) is 2.94. The van der Waals surface area contributed by atoms with Gasteiger partial charge in [-0.2, -0.15) is 11.8 Å². The third kappa shape index (κ3) is 3.33. The fourth-order valence-corrected chi connectivity index (χ4v) is 3.98. The van der Waals surface area contributed by atoms with Gasteiger partial charge in [0.2, 0.25) is 0 Å². The average molecular weight is 278 g/mol. The molecule has 2 unspecified atom stereocenters. The van der Waals surface area contributed by atoms with Crippen LogP contribution in [0.5, 0.6) is 0 Å². The summed E-state index contributed by atoms with van der Waals surface area (Å²) in [5, 5.41) is 0.717. The number of hydrogen-bond acceptors (Lipinski definition) is 3. The van der Waals surface area contributed by atoms with Gasteiger partial charge in [-0.3, -0.25) is 4.90 Å². The van der Waals surface area contributed by atoms with Crippen LogP contribution in [0.25, 0.3) is 0 Å². The van der Waals surface area contributed by atoms with Crippen molar-refractivity contribution in [3.8, 4) is 0 Å². The topological polar surface area (TPSA) is 29.3 Å². The zero-order valence-corrected chi connectivity index (χ0v) is 13.4. The summed E-state index contributed by atoms with van der Waals surface area (Å²) in [7, 11) is 0. The van der Waals surface area contributed by atoms with Crippen LogP contribution in [-0.2, 0) is 0 Å². The van der Waals surface area contributed by atoms with Crippen molar-refractivity contribution in [2.24, 2.45) is 5.73 Å². The minimum atomic E-state index is 0.377. The standard InChI is InChI=1S/C16H26N2S/c1-11-7-13(3)15(8-12(11)2)16(9-17)18-5-6-19-14(4)10-18/h7-8,14,16H,5-6,9-10,17H2,1-4H3. The number of thioether (sulfide) groups is 1. The molecule has 19 heavy (non-hydrogen) atoms. The van der Waals surface area contributed by atoms with E-state index in [1.807, 2.05) is 0 Å². The number of nitrogens with two attached hydrogens (primary N) is 1. The van der Waals surface area contributed by atoms with E-state index in [1.165, 1.54) is 28.0 Å². The number of nitrogens with zero attached hydrogens (tertiary/aromatic N) is 1. The van der Waals surface area contributed by atoms with Crippen LogP contribution in [0.15, 0.2) is 12.1 Å². The Morgan fingerprint density at radius 2 is 1.95 bits per heavy atom. The van der Waals surface area contributed by atoms with E-state index in [4.69, 9.17) is 5.73 Å². The minimum Gasteiger partial charge on any atom is -0.329 e. The third-order valence-corrected chi connectivity index (χ3v) is 5.31. The molecule has 1 aliphatic heterocycles. The van der Waals surface area contributed by atoms with Crippen LogP contribution >= 0.6 is 11.8 Å². The van der Waals surface area contributed by atoms with Gasteiger partial charge < -0.3 is 5.73 Å². The molecule has 3 heteroatoms. The normalized spacial score (nSPS) is 22.5. The Bertz CT molecular complexity index is 445. The molecule has 2 nitrogen and oxygen atoms in total. The highest BCUT2D eigenvalue weighted by Crippen LogP contribution is 2.29. The molecule has 0 bridgehead atoms. The maximum absolute atomic E-state index is 6.09. The largest absolute Gasteiger partial charge is 0.329 e. The monoisotopic (exact) mass is 278 g/mol. The first kappa shape index (κ1) is 14.9. The molecule has 1 saturated heterocycles. The lowest BCUT2D eigenvalue weighted by Crippen LogP contribution is -2.42. The van der Waals surface area contributed by atoms with Crippen molar-refractivity contribution in [1.82, 2.24) is 4.90 Å². The summed E-state index contributed by atoms with van der Waals surface area (Å²) in [5.74, 6) is 1.22. The SMILES string of the molecule is Cc1cc(C)c(C(CN)N2CCSC(C)C2)cc1C. The Hall–Kier alpha value is -0.510. The highest BCUT2D eigenvalue weighted by Gasteiger charge is 2.25. The summed E-state index contributed by atoms with van der Waals surface area (Å²) >= 11 is 2.07. The summed E-state index contributed by atoms with van der Waals surface area (Å²) < 4.78 is 0. The molecule has 0 aromatic heterocycles. The second-order valence-electron chi connectivity index (χ2n) is 5.72. The second-order valence-corrected chi connectivity index (χ2v) is 7.27. The van der Waals surface area contributed by atoms with Crippen LogP contribution in [-0.4, -0.2) is 35.5 Å². The van der Waals surface area contributed by atoms with Crippen molar-refractivity contribution in [2.45, 2.75) is 39.0 Å². The number of benzene rings is 1. The molecule has 0 aliphatic carbocycles. The lowest BCUT2D eigenvalue weighted by molar-refractivity contribution is 0.210. The number of hydrogen-bond donors (Lipinski definition) is 1. The Labute approximate surface area is 121 Å². The minimum absolute atomic E-state index is 0.377. The Kier molecular flexibility index (Phi) is 4.93. The molecule has 1 aromatic carbocycles. The summed E-state index contributed by atoms with van der Waals surface area (Å²) in [6, 6.07) is 5.02. The van der Waals surface area contributed by atoms with Crippen molar-refractivity contribution < 1.29 is 0 Å². The first-order valence-corrected chi connectivity index (χ1v) is 8.21. The molecule has 0 saturated carbocycles. The van der Waals surface area contributed by atoms with Crippen LogP contribution < -0.4 is 5.73 Å². The van der Waals surface area contributed by atoms with E-state index in [9.17, 15) is 0 Å². The summed E-state index contributed by atoms with van der Waals surface area (Å²) in [4.78, 5) is 2.57. The second kappa shape index (κ2) is 6.29. The predicted octanol–water partition coefficient (Wildman–Crippen LogP) is 3.05. The van der Waals surface area contributed by atoms with Gasteiger partial charge in [0.1, 0.15) is 0 Å². The molecule has 0 amide bonds. The number of aryl methyl sites for hydroxylation is 3. The first-order chi connectivity index (χ1) is 9.02. The van der Waals surface area contributed by atoms with Gasteiger partial charge in [-0.1, -0.05) is 19.1 Å². The highest BCUT2D eigenvalue weighted by molar-refractivity contribution is 7.99. The lowest BCUT2D eigenvalue weighted by atomic mass is 9.94. The van der Waals surface area contributed by atoms with E-state index in [0.717, 1.165) is 18.3 Å². The molecular formula is C16H26N2S. The zero-order valence-electron chi connectivity index (χ0n) is 12.6.